The summed E-state index contributed by atoms with van der Waals surface area (Å²) in [5.41, 5.74) is 6.38. The Hall–Kier alpha value is -0.620. The van der Waals surface area contributed by atoms with Gasteiger partial charge in [0.15, 0.2) is 0 Å². The highest BCUT2D eigenvalue weighted by molar-refractivity contribution is 7.89. The van der Waals surface area contributed by atoms with Gasteiger partial charge in [-0.3, -0.25) is 0 Å². The molecule has 0 heterocycles. The smallest absolute Gasteiger partial charge is 0.244 e. The van der Waals surface area contributed by atoms with E-state index in [1.807, 2.05) is 0 Å². The Balaban J connectivity index is 2.25. The van der Waals surface area contributed by atoms with Crippen molar-refractivity contribution in [3.05, 3.63) is 28.8 Å². The van der Waals surface area contributed by atoms with Crippen LogP contribution in [0.3, 0.4) is 0 Å². The van der Waals surface area contributed by atoms with Gasteiger partial charge in [0.05, 0.1) is 5.02 Å². The van der Waals surface area contributed by atoms with E-state index in [-0.39, 0.29) is 16.0 Å². The van der Waals surface area contributed by atoms with Crippen molar-refractivity contribution in [2.75, 3.05) is 7.05 Å². The first-order valence-electron chi connectivity index (χ1n) is 7.32. The molecule has 0 radical (unpaired) electrons. The second-order valence-electron chi connectivity index (χ2n) is 5.90. The molecule has 1 aromatic rings. The highest BCUT2D eigenvalue weighted by atomic mass is 35.5. The lowest BCUT2D eigenvalue weighted by atomic mass is 9.87. The van der Waals surface area contributed by atoms with Gasteiger partial charge in [0.1, 0.15) is 4.90 Å². The molecular weight excluding hydrogens is 308 g/mol. The van der Waals surface area contributed by atoms with Crippen molar-refractivity contribution in [2.45, 2.75) is 50.1 Å². The van der Waals surface area contributed by atoms with Crippen LogP contribution in [-0.4, -0.2) is 25.8 Å². The molecule has 0 spiro atoms. The SMILES string of the molecule is CC1CCC(N(C)S(=O)(=O)c2ccc(CN)cc2Cl)CC1. The summed E-state index contributed by atoms with van der Waals surface area (Å²) in [5.74, 6) is 0.685. The Morgan fingerprint density at radius 2 is 1.90 bits per heavy atom. The number of nitrogens with zero attached hydrogens (tertiary/aromatic N) is 1. The van der Waals surface area contributed by atoms with Crippen LogP contribution < -0.4 is 5.73 Å². The van der Waals surface area contributed by atoms with Crippen LogP contribution in [0.2, 0.25) is 5.02 Å². The number of rotatable bonds is 4. The molecule has 0 bridgehead atoms. The summed E-state index contributed by atoms with van der Waals surface area (Å²) in [7, 11) is -1.90. The van der Waals surface area contributed by atoms with Crippen molar-refractivity contribution in [3.63, 3.8) is 0 Å². The van der Waals surface area contributed by atoms with Crippen LogP contribution in [0.4, 0.5) is 0 Å². The van der Waals surface area contributed by atoms with Crippen LogP contribution in [0.25, 0.3) is 0 Å². The van der Waals surface area contributed by atoms with E-state index in [4.69, 9.17) is 17.3 Å². The topological polar surface area (TPSA) is 63.4 Å². The second-order valence-corrected chi connectivity index (χ2v) is 8.28. The molecule has 6 heteroatoms. The van der Waals surface area contributed by atoms with Gasteiger partial charge in [-0.15, -0.1) is 0 Å². The average molecular weight is 331 g/mol. The number of nitrogens with two attached hydrogens (primary N) is 1. The van der Waals surface area contributed by atoms with Crippen LogP contribution >= 0.6 is 11.6 Å². The van der Waals surface area contributed by atoms with E-state index in [1.165, 1.54) is 4.31 Å². The van der Waals surface area contributed by atoms with E-state index >= 15 is 0 Å². The van der Waals surface area contributed by atoms with Gasteiger partial charge in [-0.25, -0.2) is 8.42 Å². The zero-order chi connectivity index (χ0) is 15.6. The molecule has 0 aromatic heterocycles. The molecule has 0 unspecified atom stereocenters. The summed E-state index contributed by atoms with van der Waals surface area (Å²) >= 11 is 6.14. The first kappa shape index (κ1) is 16.7. The van der Waals surface area contributed by atoms with Gasteiger partial charge in [0.25, 0.3) is 0 Å². The predicted octanol–water partition coefficient (Wildman–Crippen LogP) is 3.00. The molecule has 0 saturated heterocycles. The van der Waals surface area contributed by atoms with Gasteiger partial charge in [0.2, 0.25) is 10.0 Å². The standard InChI is InChI=1S/C15H23ClN2O2S/c1-11-3-6-13(7-4-11)18(2)21(19,20)15-8-5-12(10-17)9-14(15)16/h5,8-9,11,13H,3-4,6-7,10,17H2,1-2H3. The van der Waals surface area contributed by atoms with Crippen LogP contribution in [0.5, 0.6) is 0 Å². The molecule has 0 amide bonds. The maximum absolute atomic E-state index is 12.7. The first-order chi connectivity index (χ1) is 9.86. The number of halogens is 1. The molecule has 1 aromatic carbocycles. The van der Waals surface area contributed by atoms with Gasteiger partial charge in [0, 0.05) is 19.6 Å². The van der Waals surface area contributed by atoms with Crippen LogP contribution in [0.15, 0.2) is 23.1 Å². The van der Waals surface area contributed by atoms with Crippen molar-refractivity contribution >= 4 is 21.6 Å². The van der Waals surface area contributed by atoms with Gasteiger partial charge >= 0.3 is 0 Å². The minimum absolute atomic E-state index is 0.0662. The van der Waals surface area contributed by atoms with Crippen LogP contribution in [0, 0.1) is 5.92 Å². The van der Waals surface area contributed by atoms with Crippen molar-refractivity contribution in [1.29, 1.82) is 0 Å². The third kappa shape index (κ3) is 3.59. The maximum atomic E-state index is 12.7. The molecular formula is C15H23ClN2O2S. The Morgan fingerprint density at radius 3 is 2.43 bits per heavy atom. The van der Waals surface area contributed by atoms with Gasteiger partial charge in [-0.2, -0.15) is 4.31 Å². The third-order valence-electron chi connectivity index (χ3n) is 4.39. The third-order valence-corrected chi connectivity index (χ3v) is 6.78. The summed E-state index contributed by atoms with van der Waals surface area (Å²) in [4.78, 5) is 0.169. The Labute approximate surface area is 132 Å². The van der Waals surface area contributed by atoms with Crippen LogP contribution in [-0.2, 0) is 16.6 Å². The lowest BCUT2D eigenvalue weighted by Gasteiger charge is -2.33. The van der Waals surface area contributed by atoms with E-state index in [1.54, 1.807) is 25.2 Å². The Morgan fingerprint density at radius 1 is 1.29 bits per heavy atom. The number of hydrogen-bond acceptors (Lipinski definition) is 3. The predicted molar refractivity (Wildman–Crippen MR) is 85.7 cm³/mol. The lowest BCUT2D eigenvalue weighted by molar-refractivity contribution is 0.246. The zero-order valence-electron chi connectivity index (χ0n) is 12.5. The summed E-state index contributed by atoms with van der Waals surface area (Å²) < 4.78 is 27.0. The summed E-state index contributed by atoms with van der Waals surface area (Å²) in [6, 6.07) is 4.97. The Bertz CT molecular complexity index is 596. The largest absolute Gasteiger partial charge is 0.326 e. The number of hydrogen-bond donors (Lipinski definition) is 1. The van der Waals surface area contributed by atoms with Crippen molar-refractivity contribution in [1.82, 2.24) is 4.31 Å². The molecule has 0 atom stereocenters. The van der Waals surface area contributed by atoms with E-state index in [2.05, 4.69) is 6.92 Å². The van der Waals surface area contributed by atoms with Crippen LogP contribution in [0.1, 0.15) is 38.2 Å². The molecule has 118 valence electrons. The first-order valence-corrected chi connectivity index (χ1v) is 9.14. The minimum Gasteiger partial charge on any atom is -0.326 e. The molecule has 1 aliphatic rings. The quantitative estimate of drug-likeness (QED) is 0.923. The molecule has 21 heavy (non-hydrogen) atoms. The summed E-state index contributed by atoms with van der Waals surface area (Å²) in [5, 5.41) is 0.244. The summed E-state index contributed by atoms with van der Waals surface area (Å²) in [6.45, 7) is 2.56. The average Bonchev–Trinajstić information content (AvgIpc) is 2.46. The zero-order valence-corrected chi connectivity index (χ0v) is 14.1. The Kier molecular flexibility index (Phi) is 5.30. The second kappa shape index (κ2) is 6.65. The molecule has 4 nitrogen and oxygen atoms in total. The molecule has 1 saturated carbocycles. The normalized spacial score (nSPS) is 23.5. The van der Waals surface area contributed by atoms with E-state index in [9.17, 15) is 8.42 Å². The molecule has 0 aliphatic heterocycles. The monoisotopic (exact) mass is 330 g/mol. The highest BCUT2D eigenvalue weighted by Crippen LogP contribution is 2.31. The number of benzene rings is 1. The molecule has 2 N–H and O–H groups in total. The lowest BCUT2D eigenvalue weighted by Crippen LogP contribution is -2.39. The van der Waals surface area contributed by atoms with E-state index < -0.39 is 10.0 Å². The molecule has 1 fully saturated rings. The summed E-state index contributed by atoms with van der Waals surface area (Å²) in [6.07, 6.45) is 3.97. The fourth-order valence-corrected chi connectivity index (χ4v) is 4.79. The fraction of sp³-hybridized carbons (Fsp3) is 0.600. The van der Waals surface area contributed by atoms with Gasteiger partial charge < -0.3 is 5.73 Å². The van der Waals surface area contributed by atoms with Crippen molar-refractivity contribution < 1.29 is 8.42 Å². The molecule has 2 rings (SSSR count). The van der Waals surface area contributed by atoms with Crippen molar-refractivity contribution in [3.8, 4) is 0 Å². The van der Waals surface area contributed by atoms with E-state index in [0.29, 0.717) is 12.5 Å². The van der Waals surface area contributed by atoms with Crippen molar-refractivity contribution in [2.24, 2.45) is 11.7 Å². The highest BCUT2D eigenvalue weighted by Gasteiger charge is 2.31. The van der Waals surface area contributed by atoms with Gasteiger partial charge in [-0.05, 0) is 49.3 Å². The maximum Gasteiger partial charge on any atom is 0.244 e. The minimum atomic E-state index is -3.55. The number of sulfonamides is 1. The molecule has 1 aliphatic carbocycles. The van der Waals surface area contributed by atoms with E-state index in [0.717, 1.165) is 31.2 Å². The fourth-order valence-electron chi connectivity index (χ4n) is 2.84. The van der Waals surface area contributed by atoms with Gasteiger partial charge in [-0.1, -0.05) is 24.6 Å².